The van der Waals surface area contributed by atoms with Crippen LogP contribution in [0.25, 0.3) is 0 Å². The Morgan fingerprint density at radius 3 is 2.24 bits per heavy atom. The van der Waals surface area contributed by atoms with E-state index in [0.29, 0.717) is 11.4 Å². The average molecular weight is 280 g/mol. The van der Waals surface area contributed by atoms with E-state index in [1.165, 1.54) is 5.01 Å². The molecule has 0 fully saturated rings. The number of hydrogen-bond donors (Lipinski definition) is 1. The van der Waals surface area contributed by atoms with Gasteiger partial charge in [0.1, 0.15) is 5.92 Å². The van der Waals surface area contributed by atoms with Crippen LogP contribution in [-0.2, 0) is 4.79 Å². The predicted octanol–water partition coefficient (Wildman–Crippen LogP) is 2.76. The van der Waals surface area contributed by atoms with Crippen LogP contribution in [0.5, 0.6) is 0 Å². The summed E-state index contributed by atoms with van der Waals surface area (Å²) in [7, 11) is 0. The molecule has 1 aliphatic rings. The summed E-state index contributed by atoms with van der Waals surface area (Å²) in [4.78, 5) is 12.6. The highest BCUT2D eigenvalue weighted by Crippen LogP contribution is 2.31. The molecule has 106 valence electrons. The molecule has 4 heteroatoms. The number of carbonyl (C=O) groups is 1. The van der Waals surface area contributed by atoms with E-state index in [-0.39, 0.29) is 5.91 Å². The van der Waals surface area contributed by atoms with Crippen molar-refractivity contribution in [3.8, 4) is 0 Å². The summed E-state index contributed by atoms with van der Waals surface area (Å²) >= 11 is 0. The second kappa shape index (κ2) is 5.50. The van der Waals surface area contributed by atoms with Gasteiger partial charge >= 0.3 is 0 Å². The molecule has 0 saturated heterocycles. The van der Waals surface area contributed by atoms with Crippen molar-refractivity contribution < 1.29 is 9.90 Å². The van der Waals surface area contributed by atoms with Gasteiger partial charge in [-0.25, -0.2) is 5.01 Å². The van der Waals surface area contributed by atoms with Gasteiger partial charge in [-0.05, 0) is 24.6 Å². The van der Waals surface area contributed by atoms with E-state index >= 15 is 0 Å². The average Bonchev–Trinajstić information content (AvgIpc) is 2.83. The molecule has 0 radical (unpaired) electrons. The zero-order valence-electron chi connectivity index (χ0n) is 11.7. The molecule has 4 nitrogen and oxygen atoms in total. The molecule has 1 amide bonds. The van der Waals surface area contributed by atoms with Crippen LogP contribution in [0.4, 0.5) is 5.69 Å². The van der Waals surface area contributed by atoms with Gasteiger partial charge in [0, 0.05) is 0 Å². The van der Waals surface area contributed by atoms with E-state index in [1.807, 2.05) is 60.7 Å². The van der Waals surface area contributed by atoms with Crippen LogP contribution in [0.3, 0.4) is 0 Å². The molecule has 3 rings (SSSR count). The smallest absolute Gasteiger partial charge is 0.259 e. The second-order valence-corrected chi connectivity index (χ2v) is 5.06. The van der Waals surface area contributed by atoms with Crippen molar-refractivity contribution in [1.29, 1.82) is 0 Å². The Balaban J connectivity index is 1.89. The van der Waals surface area contributed by atoms with E-state index in [2.05, 4.69) is 5.10 Å². The summed E-state index contributed by atoms with van der Waals surface area (Å²) in [6.07, 6.45) is -0.879. The van der Waals surface area contributed by atoms with Gasteiger partial charge in [0.15, 0.2) is 0 Å². The number of hydrazone groups is 1. The quantitative estimate of drug-likeness (QED) is 0.940. The third-order valence-electron chi connectivity index (χ3n) is 3.64. The number of nitrogens with zero attached hydrogens (tertiary/aromatic N) is 2. The lowest BCUT2D eigenvalue weighted by molar-refractivity contribution is -0.122. The first kappa shape index (κ1) is 13.5. The number of anilines is 1. The molecular weight excluding hydrogens is 264 g/mol. The Hall–Kier alpha value is -2.46. The highest BCUT2D eigenvalue weighted by Gasteiger charge is 2.39. The number of aliphatic hydroxyl groups is 1. The minimum atomic E-state index is -0.879. The number of para-hydroxylation sites is 1. The summed E-state index contributed by atoms with van der Waals surface area (Å²) in [6, 6.07) is 18.5. The second-order valence-electron chi connectivity index (χ2n) is 5.06. The first-order valence-corrected chi connectivity index (χ1v) is 6.85. The third-order valence-corrected chi connectivity index (χ3v) is 3.64. The minimum Gasteiger partial charge on any atom is -0.387 e. The van der Waals surface area contributed by atoms with Crippen molar-refractivity contribution in [3.63, 3.8) is 0 Å². The number of carbonyl (C=O) groups excluding carboxylic acids is 1. The Morgan fingerprint density at radius 2 is 1.62 bits per heavy atom. The van der Waals surface area contributed by atoms with Crippen molar-refractivity contribution in [2.24, 2.45) is 11.0 Å². The zero-order valence-corrected chi connectivity index (χ0v) is 11.7. The molecule has 1 N–H and O–H groups in total. The normalized spacial score (nSPS) is 19.5. The number of aliphatic hydroxyl groups excluding tert-OH is 1. The van der Waals surface area contributed by atoms with Crippen LogP contribution in [-0.4, -0.2) is 16.7 Å². The summed E-state index contributed by atoms with van der Waals surface area (Å²) in [5, 5.41) is 16.2. The molecule has 0 spiro atoms. The van der Waals surface area contributed by atoms with Crippen molar-refractivity contribution in [3.05, 3.63) is 66.2 Å². The lowest BCUT2D eigenvalue weighted by atomic mass is 9.92. The molecule has 2 atom stereocenters. The topological polar surface area (TPSA) is 52.9 Å². The van der Waals surface area contributed by atoms with Gasteiger partial charge in [0.2, 0.25) is 0 Å². The van der Waals surface area contributed by atoms with Crippen LogP contribution in [0.2, 0.25) is 0 Å². The number of rotatable bonds is 3. The maximum Gasteiger partial charge on any atom is 0.259 e. The molecule has 1 aliphatic heterocycles. The largest absolute Gasteiger partial charge is 0.387 e. The van der Waals surface area contributed by atoms with Gasteiger partial charge in [-0.1, -0.05) is 48.5 Å². The lowest BCUT2D eigenvalue weighted by Crippen LogP contribution is -2.31. The monoisotopic (exact) mass is 280 g/mol. The van der Waals surface area contributed by atoms with E-state index in [0.717, 1.165) is 5.56 Å². The maximum absolute atomic E-state index is 12.6. The van der Waals surface area contributed by atoms with E-state index in [4.69, 9.17) is 0 Å². The zero-order chi connectivity index (χ0) is 14.8. The van der Waals surface area contributed by atoms with Crippen molar-refractivity contribution in [2.45, 2.75) is 13.0 Å². The van der Waals surface area contributed by atoms with Crippen LogP contribution < -0.4 is 5.01 Å². The third kappa shape index (κ3) is 2.45. The first-order chi connectivity index (χ1) is 10.2. The molecule has 2 aromatic rings. The fraction of sp³-hybridized carbons (Fsp3) is 0.176. The van der Waals surface area contributed by atoms with Crippen LogP contribution in [0.15, 0.2) is 65.8 Å². The highest BCUT2D eigenvalue weighted by atomic mass is 16.3. The Kier molecular flexibility index (Phi) is 3.54. The summed E-state index contributed by atoms with van der Waals surface area (Å²) < 4.78 is 0. The summed E-state index contributed by atoms with van der Waals surface area (Å²) in [5.41, 5.74) is 2.06. The van der Waals surface area contributed by atoms with Crippen LogP contribution in [0.1, 0.15) is 18.6 Å². The minimum absolute atomic E-state index is 0.199. The number of amides is 1. The molecule has 0 saturated carbocycles. The van der Waals surface area contributed by atoms with Crippen molar-refractivity contribution in [2.75, 3.05) is 5.01 Å². The Bertz CT molecular complexity index is 668. The molecule has 21 heavy (non-hydrogen) atoms. The van der Waals surface area contributed by atoms with Gasteiger partial charge in [-0.15, -0.1) is 0 Å². The summed E-state index contributed by atoms with van der Waals surface area (Å²) in [6.45, 7) is 1.78. The molecule has 0 bridgehead atoms. The van der Waals surface area contributed by atoms with Crippen LogP contribution in [0, 0.1) is 5.92 Å². The van der Waals surface area contributed by atoms with Crippen molar-refractivity contribution in [1.82, 2.24) is 0 Å². The molecule has 0 aromatic heterocycles. The summed E-state index contributed by atoms with van der Waals surface area (Å²) in [5.74, 6) is -0.831. The van der Waals surface area contributed by atoms with Gasteiger partial charge < -0.3 is 5.11 Å². The molecule has 2 aromatic carbocycles. The molecule has 2 unspecified atom stereocenters. The Labute approximate surface area is 123 Å². The SMILES string of the molecule is CC1=NN(c2ccccc2)C(=O)C1C(O)c1ccccc1. The van der Waals surface area contributed by atoms with Crippen molar-refractivity contribution >= 4 is 17.3 Å². The molecule has 0 aliphatic carbocycles. The van der Waals surface area contributed by atoms with Gasteiger partial charge in [0.25, 0.3) is 5.91 Å². The van der Waals surface area contributed by atoms with E-state index in [9.17, 15) is 9.90 Å². The van der Waals surface area contributed by atoms with Gasteiger partial charge in [-0.3, -0.25) is 4.79 Å². The number of hydrogen-bond acceptors (Lipinski definition) is 3. The lowest BCUT2D eigenvalue weighted by Gasteiger charge is -2.19. The van der Waals surface area contributed by atoms with Gasteiger partial charge in [0.05, 0.1) is 17.5 Å². The van der Waals surface area contributed by atoms with E-state index < -0.39 is 12.0 Å². The van der Waals surface area contributed by atoms with Crippen LogP contribution >= 0.6 is 0 Å². The fourth-order valence-electron chi connectivity index (χ4n) is 2.54. The highest BCUT2D eigenvalue weighted by molar-refractivity contribution is 6.15. The molecular formula is C17H16N2O2. The van der Waals surface area contributed by atoms with Gasteiger partial charge in [-0.2, -0.15) is 5.10 Å². The maximum atomic E-state index is 12.6. The first-order valence-electron chi connectivity index (χ1n) is 6.85. The fourth-order valence-corrected chi connectivity index (χ4v) is 2.54. The molecule has 1 heterocycles. The standard InChI is InChI=1S/C17H16N2O2/c1-12-15(16(20)13-8-4-2-5-9-13)17(21)19(18-12)14-10-6-3-7-11-14/h2-11,15-16,20H,1H3. The number of benzene rings is 2. The Morgan fingerprint density at radius 1 is 1.05 bits per heavy atom. The van der Waals surface area contributed by atoms with E-state index in [1.54, 1.807) is 6.92 Å². The predicted molar refractivity (Wildman–Crippen MR) is 81.9 cm³/mol.